The number of hydrogen-bond donors (Lipinski definition) is 1. The van der Waals surface area contributed by atoms with Crippen molar-refractivity contribution in [2.75, 3.05) is 14.1 Å². The number of amides is 1. The van der Waals surface area contributed by atoms with Gasteiger partial charge in [-0.25, -0.2) is 9.97 Å². The molecule has 0 bridgehead atoms. The Kier molecular flexibility index (Phi) is 5.89. The summed E-state index contributed by atoms with van der Waals surface area (Å²) in [6.07, 6.45) is 2.30. The van der Waals surface area contributed by atoms with Crippen LogP contribution in [0.1, 0.15) is 44.6 Å². The van der Waals surface area contributed by atoms with E-state index in [0.29, 0.717) is 12.3 Å². The molecule has 1 aromatic heterocycles. The number of nitrogens with one attached hydrogen (secondary N) is 1. The van der Waals surface area contributed by atoms with Gasteiger partial charge in [-0.15, -0.1) is 0 Å². The minimum atomic E-state index is 0.0601. The van der Waals surface area contributed by atoms with Crippen LogP contribution in [-0.2, 0) is 11.3 Å². The maximum Gasteiger partial charge on any atom is 0.221 e. The van der Waals surface area contributed by atoms with Crippen LogP contribution >= 0.6 is 0 Å². The van der Waals surface area contributed by atoms with E-state index in [9.17, 15) is 4.79 Å². The van der Waals surface area contributed by atoms with Crippen molar-refractivity contribution in [3.8, 4) is 0 Å². The molecular weight excluding hydrogens is 240 g/mol. The van der Waals surface area contributed by atoms with Gasteiger partial charge in [0.15, 0.2) is 0 Å². The van der Waals surface area contributed by atoms with Gasteiger partial charge in [0, 0.05) is 38.2 Å². The minimum absolute atomic E-state index is 0.0601. The third kappa shape index (κ3) is 4.95. The lowest BCUT2D eigenvalue weighted by Crippen LogP contribution is -2.34. The fourth-order valence-corrected chi connectivity index (χ4v) is 1.72. The standard InChI is InChI=1S/C14H24N4O/c1-10(2)14-16-7-6-12(17-14)9-18(5)11(3)8-13(19)15-4/h6-7,10-11H,8-9H2,1-5H3,(H,15,19)/t11-/m0/s1. The molecule has 0 radical (unpaired) electrons. The Balaban J connectivity index is 2.63. The Hall–Kier alpha value is -1.49. The van der Waals surface area contributed by atoms with Crippen LogP contribution in [0.4, 0.5) is 0 Å². The SMILES string of the molecule is CNC(=O)C[C@H](C)N(C)Cc1ccnc(C(C)C)n1. The molecule has 1 heterocycles. The largest absolute Gasteiger partial charge is 0.359 e. The molecule has 0 aliphatic rings. The van der Waals surface area contributed by atoms with Crippen molar-refractivity contribution in [1.82, 2.24) is 20.2 Å². The second-order valence-corrected chi connectivity index (χ2v) is 5.20. The average Bonchev–Trinajstić information content (AvgIpc) is 2.38. The number of carbonyl (C=O) groups excluding carboxylic acids is 1. The molecule has 5 heteroatoms. The minimum Gasteiger partial charge on any atom is -0.359 e. The molecule has 0 saturated carbocycles. The van der Waals surface area contributed by atoms with Crippen molar-refractivity contribution in [3.63, 3.8) is 0 Å². The van der Waals surface area contributed by atoms with Crippen LogP contribution in [0.25, 0.3) is 0 Å². The number of nitrogens with zero attached hydrogens (tertiary/aromatic N) is 3. The Bertz CT molecular complexity index is 420. The van der Waals surface area contributed by atoms with E-state index >= 15 is 0 Å². The van der Waals surface area contributed by atoms with Crippen LogP contribution in [0.2, 0.25) is 0 Å². The summed E-state index contributed by atoms with van der Waals surface area (Å²) in [6.45, 7) is 6.92. The van der Waals surface area contributed by atoms with Crippen LogP contribution in [0.15, 0.2) is 12.3 Å². The highest BCUT2D eigenvalue weighted by atomic mass is 16.1. The van der Waals surface area contributed by atoms with E-state index < -0.39 is 0 Å². The zero-order valence-corrected chi connectivity index (χ0v) is 12.5. The van der Waals surface area contributed by atoms with Crippen LogP contribution in [0.5, 0.6) is 0 Å². The maximum absolute atomic E-state index is 11.4. The fourth-order valence-electron chi connectivity index (χ4n) is 1.72. The highest BCUT2D eigenvalue weighted by molar-refractivity contribution is 5.76. The summed E-state index contributed by atoms with van der Waals surface area (Å²) in [5.41, 5.74) is 0.991. The molecule has 1 atom stereocenters. The molecule has 1 aromatic rings. The van der Waals surface area contributed by atoms with Gasteiger partial charge in [0.25, 0.3) is 0 Å². The number of rotatable bonds is 6. The zero-order chi connectivity index (χ0) is 14.4. The maximum atomic E-state index is 11.4. The lowest BCUT2D eigenvalue weighted by atomic mass is 10.2. The fraction of sp³-hybridized carbons (Fsp3) is 0.643. The Labute approximate surface area is 115 Å². The normalized spacial score (nSPS) is 12.8. The smallest absolute Gasteiger partial charge is 0.221 e. The van der Waals surface area contributed by atoms with Gasteiger partial charge >= 0.3 is 0 Å². The Morgan fingerprint density at radius 2 is 2.11 bits per heavy atom. The first-order chi connectivity index (χ1) is 8.93. The van der Waals surface area contributed by atoms with Gasteiger partial charge < -0.3 is 5.32 Å². The molecule has 0 spiro atoms. The summed E-state index contributed by atoms with van der Waals surface area (Å²) in [7, 11) is 3.67. The van der Waals surface area contributed by atoms with Gasteiger partial charge in [-0.05, 0) is 20.0 Å². The van der Waals surface area contributed by atoms with Gasteiger partial charge in [0.05, 0.1) is 5.69 Å². The topological polar surface area (TPSA) is 58.1 Å². The van der Waals surface area contributed by atoms with Crippen molar-refractivity contribution in [2.45, 2.75) is 45.7 Å². The molecule has 0 aromatic carbocycles. The lowest BCUT2D eigenvalue weighted by molar-refractivity contribution is -0.121. The highest BCUT2D eigenvalue weighted by Gasteiger charge is 2.14. The summed E-state index contributed by atoms with van der Waals surface area (Å²) in [4.78, 5) is 22.3. The number of carbonyl (C=O) groups is 1. The number of hydrogen-bond acceptors (Lipinski definition) is 4. The van der Waals surface area contributed by atoms with E-state index in [2.05, 4.69) is 34.0 Å². The van der Waals surface area contributed by atoms with Crippen molar-refractivity contribution in [2.24, 2.45) is 0 Å². The van der Waals surface area contributed by atoms with Gasteiger partial charge in [0.1, 0.15) is 5.82 Å². The van der Waals surface area contributed by atoms with Crippen molar-refractivity contribution >= 4 is 5.91 Å². The summed E-state index contributed by atoms with van der Waals surface area (Å²) in [6, 6.07) is 2.10. The first-order valence-corrected chi connectivity index (χ1v) is 6.66. The summed E-state index contributed by atoms with van der Waals surface area (Å²) < 4.78 is 0. The number of aromatic nitrogens is 2. The molecule has 1 rings (SSSR count). The summed E-state index contributed by atoms with van der Waals surface area (Å²) in [5, 5.41) is 2.65. The molecule has 0 saturated heterocycles. The van der Waals surface area contributed by atoms with Crippen molar-refractivity contribution in [3.05, 3.63) is 23.8 Å². The molecular formula is C14H24N4O. The summed E-state index contributed by atoms with van der Waals surface area (Å²) >= 11 is 0. The van der Waals surface area contributed by atoms with Crippen LogP contribution in [0.3, 0.4) is 0 Å². The molecule has 5 nitrogen and oxygen atoms in total. The Morgan fingerprint density at radius 1 is 1.42 bits per heavy atom. The lowest BCUT2D eigenvalue weighted by Gasteiger charge is -2.23. The van der Waals surface area contributed by atoms with E-state index in [1.807, 2.05) is 20.0 Å². The van der Waals surface area contributed by atoms with Gasteiger partial charge in [-0.2, -0.15) is 0 Å². The third-order valence-corrected chi connectivity index (χ3v) is 3.17. The van der Waals surface area contributed by atoms with Crippen molar-refractivity contribution in [1.29, 1.82) is 0 Å². The van der Waals surface area contributed by atoms with Gasteiger partial charge in [-0.1, -0.05) is 13.8 Å². The second-order valence-electron chi connectivity index (χ2n) is 5.20. The Morgan fingerprint density at radius 3 is 2.68 bits per heavy atom. The predicted molar refractivity (Wildman–Crippen MR) is 75.7 cm³/mol. The highest BCUT2D eigenvalue weighted by Crippen LogP contribution is 2.11. The monoisotopic (exact) mass is 264 g/mol. The molecule has 1 N–H and O–H groups in total. The predicted octanol–water partition coefficient (Wildman–Crippen LogP) is 1.56. The average molecular weight is 264 g/mol. The second kappa shape index (κ2) is 7.19. The molecule has 1 amide bonds. The molecule has 0 unspecified atom stereocenters. The van der Waals surface area contributed by atoms with E-state index in [1.165, 1.54) is 0 Å². The van der Waals surface area contributed by atoms with Gasteiger partial charge in [0.2, 0.25) is 5.91 Å². The summed E-state index contributed by atoms with van der Waals surface area (Å²) in [5.74, 6) is 1.25. The first-order valence-electron chi connectivity index (χ1n) is 6.66. The molecule has 0 aliphatic carbocycles. The van der Waals surface area contributed by atoms with E-state index in [-0.39, 0.29) is 11.9 Å². The molecule has 19 heavy (non-hydrogen) atoms. The molecule has 0 aliphatic heterocycles. The zero-order valence-electron chi connectivity index (χ0n) is 12.5. The van der Waals surface area contributed by atoms with Crippen LogP contribution in [0, 0.1) is 0 Å². The molecule has 106 valence electrons. The quantitative estimate of drug-likeness (QED) is 0.847. The molecule has 0 fully saturated rings. The van der Waals surface area contributed by atoms with Crippen LogP contribution in [-0.4, -0.2) is 40.9 Å². The van der Waals surface area contributed by atoms with E-state index in [0.717, 1.165) is 18.1 Å². The van der Waals surface area contributed by atoms with E-state index in [4.69, 9.17) is 0 Å². The van der Waals surface area contributed by atoms with Gasteiger partial charge in [-0.3, -0.25) is 9.69 Å². The first kappa shape index (κ1) is 15.6. The van der Waals surface area contributed by atoms with Crippen LogP contribution < -0.4 is 5.32 Å². The van der Waals surface area contributed by atoms with Crippen molar-refractivity contribution < 1.29 is 4.79 Å². The third-order valence-electron chi connectivity index (χ3n) is 3.17. The van der Waals surface area contributed by atoms with E-state index in [1.54, 1.807) is 13.2 Å².